The molecule has 0 radical (unpaired) electrons. The highest BCUT2D eigenvalue weighted by Gasteiger charge is 2.27. The molecule has 448 valence electrons. The Morgan fingerprint density at radius 1 is 0.286 bits per heavy atom. The first-order valence-corrected chi connectivity index (χ1v) is 32.6. The van der Waals surface area contributed by atoms with E-state index in [0.717, 1.165) is 24.3 Å². The van der Waals surface area contributed by atoms with E-state index >= 15 is 0 Å². The second-order valence-electron chi connectivity index (χ2n) is 16.2. The van der Waals surface area contributed by atoms with Crippen LogP contribution in [-0.4, -0.2) is 159 Å². The number of hydrogen-bond donors (Lipinski definition) is 14. The molecule has 0 bridgehead atoms. The van der Waals surface area contributed by atoms with Crippen LogP contribution in [0.3, 0.4) is 0 Å². The lowest BCUT2D eigenvalue weighted by Crippen LogP contribution is -2.13. The van der Waals surface area contributed by atoms with Crippen molar-refractivity contribution in [2.24, 2.45) is 25.0 Å². The number of benzene rings is 6. The van der Waals surface area contributed by atoms with Gasteiger partial charge in [-0.1, -0.05) is 0 Å². The molecule has 0 fully saturated rings. The van der Waals surface area contributed by atoms with Crippen LogP contribution < -0.4 is 5.32 Å². The van der Waals surface area contributed by atoms with Gasteiger partial charge in [0.15, 0.2) is 0 Å². The summed E-state index contributed by atoms with van der Waals surface area (Å²) in [6, 6.07) is 8.37. The van der Waals surface area contributed by atoms with Crippen molar-refractivity contribution in [2.45, 2.75) is 39.2 Å². The van der Waals surface area contributed by atoms with Gasteiger partial charge in [0.1, 0.15) is 19.6 Å². The normalized spacial score (nSPS) is 14.1. The van der Waals surface area contributed by atoms with Crippen molar-refractivity contribution >= 4 is 145 Å². The first-order chi connectivity index (χ1) is 38.2. The predicted octanol–water partition coefficient (Wildman–Crippen LogP) is 3.86. The molecule has 0 saturated heterocycles. The summed E-state index contributed by atoms with van der Waals surface area (Å²) in [6.45, 7) is 0. The van der Waals surface area contributed by atoms with Crippen LogP contribution in [0.15, 0.2) is 173 Å². The Balaban J connectivity index is 1.59. The standard InChI is InChI=1S/C41H32N6O29S8/c48-37(44-29-5-1-25(77(53,54)55)15-33(29)81(65,66)67)19-9-20(38(49)45-30-6-2-26(78(56,57)58)16-34(30)82(68,69)70)12-23(11-19)42-41(52)43-24-13-21(39(50)46-31-7-3-27(79(59,60)61)17-35(31)83(71,72)73)10-22(14-24)40(51)47-32-8-4-28(80(62,63)64)18-36(32)84(74,75)76/h1-18H,(H,44,48)(H,45,49)(H,46,50)(H,47,51)(H2,42,43,52)(H,53,54,55)(H,56,57,58)(H,59,60,61)(H,62,63,64)(H,65,66,67)(H,68,69,70)(H,71,72,73)(H,74,75,76). The predicted molar refractivity (Wildman–Crippen MR) is 286 cm³/mol. The summed E-state index contributed by atoms with van der Waals surface area (Å²) in [5.41, 5.74) is -8.10. The first-order valence-electron chi connectivity index (χ1n) is 21.0. The van der Waals surface area contributed by atoms with E-state index in [4.69, 9.17) is 0 Å². The van der Waals surface area contributed by atoms with Crippen molar-refractivity contribution in [2.75, 3.05) is 5.32 Å². The summed E-state index contributed by atoms with van der Waals surface area (Å²) in [7, 11) is -42.5. The van der Waals surface area contributed by atoms with Gasteiger partial charge in [-0.15, -0.1) is 0 Å². The largest absolute Gasteiger partial charge is 0.493 e. The number of hydrogen-bond acceptors (Lipinski definition) is 21. The summed E-state index contributed by atoms with van der Waals surface area (Å²) in [5.74, 6) is -5.40. The second-order valence-corrected chi connectivity index (χ2v) is 27.4. The van der Waals surface area contributed by atoms with Crippen LogP contribution in [0.2, 0.25) is 0 Å². The van der Waals surface area contributed by atoms with Gasteiger partial charge in [-0.2, -0.15) is 72.3 Å². The van der Waals surface area contributed by atoms with Crippen LogP contribution in [0.5, 0.6) is 0 Å². The maximum absolute atomic E-state index is 12.3. The lowest BCUT2D eigenvalue weighted by molar-refractivity contribution is 0.476. The summed E-state index contributed by atoms with van der Waals surface area (Å²) in [5, 5.41) is 58.6. The molecular formula is C41H32N6O29S8. The minimum absolute atomic E-state index is 0.212. The number of anilines is 1. The van der Waals surface area contributed by atoms with E-state index in [1.807, 2.05) is 0 Å². The maximum Gasteiger partial charge on any atom is 0.296 e. The summed E-state index contributed by atoms with van der Waals surface area (Å²) < 4.78 is 270. The summed E-state index contributed by atoms with van der Waals surface area (Å²) in [6.07, 6.45) is 0. The van der Waals surface area contributed by atoms with Crippen LogP contribution in [0, 0.1) is 0 Å². The number of amidine groups is 1. The molecule has 6 rings (SSSR count). The van der Waals surface area contributed by atoms with Gasteiger partial charge in [0, 0.05) is 27.9 Å². The molecule has 0 saturated carbocycles. The Kier molecular flexibility index (Phi) is 17.8. The topological polar surface area (TPSA) is 610 Å². The summed E-state index contributed by atoms with van der Waals surface area (Å²) >= 11 is 0. The van der Waals surface area contributed by atoms with Gasteiger partial charge in [-0.05, 0) is 109 Å². The number of rotatable bonds is 18. The zero-order valence-electron chi connectivity index (χ0n) is 40.2. The molecule has 0 aliphatic carbocycles. The van der Waals surface area contributed by atoms with Crippen molar-refractivity contribution in [1.82, 2.24) is 0 Å². The number of nitrogens with zero attached hydrogens (tertiary/aromatic N) is 5. The van der Waals surface area contributed by atoms with Crippen LogP contribution in [0.4, 0.5) is 34.1 Å². The van der Waals surface area contributed by atoms with Crippen molar-refractivity contribution in [1.29, 1.82) is 0 Å². The zero-order valence-corrected chi connectivity index (χ0v) is 46.8. The average Bonchev–Trinajstić information content (AvgIpc) is 1.50. The lowest BCUT2D eigenvalue weighted by Gasteiger charge is -2.12. The fraction of sp³-hybridized carbons (Fsp3) is 0. The summed E-state index contributed by atoms with van der Waals surface area (Å²) in [4.78, 5) is 8.51. The van der Waals surface area contributed by atoms with Crippen LogP contribution in [0.25, 0.3) is 0 Å². The molecule has 0 aromatic heterocycles. The molecule has 0 unspecified atom stereocenters. The van der Waals surface area contributed by atoms with Crippen molar-refractivity contribution in [3.63, 3.8) is 0 Å². The van der Waals surface area contributed by atoms with E-state index in [-0.39, 0.29) is 24.3 Å². The molecule has 14 N–H and O–H groups in total. The average molecular weight is 1330 g/mol. The fourth-order valence-electron chi connectivity index (χ4n) is 6.70. The van der Waals surface area contributed by atoms with E-state index < -0.39 is 206 Å². The highest BCUT2D eigenvalue weighted by molar-refractivity contribution is 7.88. The minimum atomic E-state index is -5.47. The number of nitrogens with one attached hydrogen (secondary N) is 1. The first kappa shape index (κ1) is 64.9. The van der Waals surface area contributed by atoms with Gasteiger partial charge in [-0.3, -0.25) is 36.4 Å². The Morgan fingerprint density at radius 3 is 0.726 bits per heavy atom. The Labute approximate surface area is 472 Å². The molecule has 6 aromatic carbocycles. The number of aliphatic hydroxyl groups is 5. The molecule has 84 heavy (non-hydrogen) atoms. The van der Waals surface area contributed by atoms with Crippen LogP contribution in [-0.2, 0) is 80.9 Å². The van der Waals surface area contributed by atoms with E-state index in [9.17, 15) is 129 Å². The van der Waals surface area contributed by atoms with Gasteiger partial charge >= 0.3 is 0 Å². The van der Waals surface area contributed by atoms with Crippen molar-refractivity contribution < 1.29 is 129 Å². The molecule has 0 aliphatic heterocycles. The number of aliphatic hydroxyl groups excluding tert-OH is 5. The number of aliphatic imine (C=N–C) groups is 5. The van der Waals surface area contributed by atoms with Gasteiger partial charge in [0.2, 0.25) is 23.6 Å². The Morgan fingerprint density at radius 2 is 0.512 bits per heavy atom. The minimum Gasteiger partial charge on any atom is -0.493 e. The molecule has 0 aliphatic rings. The Bertz CT molecular complexity index is 4620. The molecule has 43 heteroatoms. The molecule has 0 heterocycles. The fourth-order valence-corrected chi connectivity index (χ4v) is 11.6. The smallest absolute Gasteiger partial charge is 0.296 e. The molecular weight excluding hydrogens is 1300 g/mol. The van der Waals surface area contributed by atoms with Gasteiger partial charge in [-0.25, -0.2) is 20.0 Å². The second kappa shape index (κ2) is 23.1. The van der Waals surface area contributed by atoms with Gasteiger partial charge < -0.3 is 30.8 Å². The van der Waals surface area contributed by atoms with Crippen molar-refractivity contribution in [3.8, 4) is 0 Å². The van der Waals surface area contributed by atoms with Crippen LogP contribution in [0.1, 0.15) is 22.3 Å². The molecule has 0 amide bonds. The highest BCUT2D eigenvalue weighted by atomic mass is 32.2. The zero-order chi connectivity index (χ0) is 63.2. The molecule has 35 nitrogen and oxygen atoms in total. The highest BCUT2D eigenvalue weighted by Crippen LogP contribution is 2.34. The monoisotopic (exact) mass is 1330 g/mol. The third-order valence-electron chi connectivity index (χ3n) is 10.3. The van der Waals surface area contributed by atoms with Crippen LogP contribution >= 0.6 is 0 Å². The Hall–Kier alpha value is -8.25. The van der Waals surface area contributed by atoms with Crippen molar-refractivity contribution in [3.05, 3.63) is 131 Å². The molecule has 0 atom stereocenters. The van der Waals surface area contributed by atoms with E-state index in [0.29, 0.717) is 60.7 Å². The van der Waals surface area contributed by atoms with E-state index in [1.54, 1.807) is 0 Å². The SMILES string of the molecule is O=S(=O)(O)c1ccc(N=C(O)c2cc(N=C(O)Nc3cc(C(O)=Nc4ccc(S(=O)(=O)O)cc4S(=O)(=O)O)cc(C(O)=Nc4ccc(S(=O)(=O)O)cc4S(=O)(=O)O)c3)cc(C(O)=Nc3ccc(S(=O)(=O)O)cc3S(=O)(=O)O)c2)c(S(=O)(=O)O)c1. The lowest BCUT2D eigenvalue weighted by atomic mass is 10.1. The van der Waals surface area contributed by atoms with Gasteiger partial charge in [0.05, 0.1) is 48.0 Å². The van der Waals surface area contributed by atoms with Gasteiger partial charge in [0.25, 0.3) is 87.0 Å². The van der Waals surface area contributed by atoms with E-state index in [1.165, 1.54) is 0 Å². The quantitative estimate of drug-likeness (QED) is 0.0330. The molecule has 6 aromatic rings. The third-order valence-corrected chi connectivity index (χ3v) is 17.2. The van der Waals surface area contributed by atoms with E-state index in [2.05, 4.69) is 30.3 Å². The maximum atomic E-state index is 12.3. The molecule has 0 spiro atoms. The third kappa shape index (κ3) is 16.1.